The van der Waals surface area contributed by atoms with E-state index in [2.05, 4.69) is 137 Å². The molecule has 2 heterocycles. The molecule has 0 spiro atoms. The molecule has 0 unspecified atom stereocenters. The van der Waals surface area contributed by atoms with E-state index >= 15 is 0 Å². The van der Waals surface area contributed by atoms with E-state index in [1.54, 1.807) is 0 Å². The first-order valence-electron chi connectivity index (χ1n) is 15.9. The second kappa shape index (κ2) is 10.9. The van der Waals surface area contributed by atoms with Crippen LogP contribution in [0.1, 0.15) is 11.1 Å². The normalized spacial score (nSPS) is 11.3. The number of benzene rings is 7. The Balaban J connectivity index is 1.25. The quantitative estimate of drug-likeness (QED) is 0.199. The van der Waals surface area contributed by atoms with Gasteiger partial charge in [-0.2, -0.15) is 10.5 Å². The van der Waals surface area contributed by atoms with Crippen LogP contribution in [0.25, 0.3) is 77.2 Å². The van der Waals surface area contributed by atoms with Crippen molar-refractivity contribution in [1.82, 2.24) is 9.13 Å². The number of fused-ring (bicyclic) bond motifs is 6. The lowest BCUT2D eigenvalue weighted by atomic mass is 9.89. The summed E-state index contributed by atoms with van der Waals surface area (Å²) in [5.74, 6) is 0. The fourth-order valence-corrected chi connectivity index (χ4v) is 7.41. The molecule has 4 heteroatoms. The Labute approximate surface area is 277 Å². The van der Waals surface area contributed by atoms with Gasteiger partial charge in [-0.3, -0.25) is 0 Å². The van der Waals surface area contributed by atoms with Crippen LogP contribution in [0.15, 0.2) is 158 Å². The predicted octanol–water partition coefficient (Wildman–Crippen LogP) is 11.0. The van der Waals surface area contributed by atoms with Crippen molar-refractivity contribution in [2.24, 2.45) is 0 Å². The van der Waals surface area contributed by atoms with E-state index in [0.717, 1.165) is 66.5 Å². The molecular formula is C44H26N4. The minimum absolute atomic E-state index is 0.617. The number of hydrogen-bond donors (Lipinski definition) is 0. The van der Waals surface area contributed by atoms with Gasteiger partial charge in [-0.25, -0.2) is 0 Å². The lowest BCUT2D eigenvalue weighted by molar-refractivity contribution is 1.17. The van der Waals surface area contributed by atoms with Gasteiger partial charge in [0.1, 0.15) is 6.07 Å². The van der Waals surface area contributed by atoms with E-state index in [9.17, 15) is 10.5 Å². The topological polar surface area (TPSA) is 57.4 Å². The first kappa shape index (κ1) is 27.4. The fourth-order valence-electron chi connectivity index (χ4n) is 7.41. The Morgan fingerprint density at radius 1 is 0.396 bits per heavy atom. The maximum atomic E-state index is 10.4. The highest BCUT2D eigenvalue weighted by atomic mass is 15.0. The van der Waals surface area contributed by atoms with Crippen molar-refractivity contribution in [3.8, 4) is 45.8 Å². The van der Waals surface area contributed by atoms with E-state index < -0.39 is 0 Å². The number of hydrogen-bond acceptors (Lipinski definition) is 2. The maximum Gasteiger partial charge on any atom is 0.101 e. The number of rotatable bonds is 4. The van der Waals surface area contributed by atoms with E-state index in [-0.39, 0.29) is 0 Å². The Kier molecular flexibility index (Phi) is 6.22. The average Bonchev–Trinajstić information content (AvgIpc) is 3.68. The Bertz CT molecular complexity index is 2750. The van der Waals surface area contributed by atoms with Gasteiger partial charge in [-0.05, 0) is 59.7 Å². The Morgan fingerprint density at radius 3 is 1.56 bits per heavy atom. The number of aromatic nitrogens is 2. The molecule has 0 radical (unpaired) electrons. The van der Waals surface area contributed by atoms with Gasteiger partial charge in [0.05, 0.1) is 45.0 Å². The SMILES string of the molecule is N#Cc1cccc(-c2ccc(-n3c4ccccc4c4cccc(C#N)c43)cc2)c1-c1ccccc1-n1c2ccccc2c2ccccc21. The molecule has 9 rings (SSSR count). The Hall–Kier alpha value is -6.88. The molecule has 0 aliphatic heterocycles. The van der Waals surface area contributed by atoms with Crippen molar-refractivity contribution < 1.29 is 0 Å². The average molecular weight is 611 g/mol. The van der Waals surface area contributed by atoms with Gasteiger partial charge >= 0.3 is 0 Å². The highest BCUT2D eigenvalue weighted by Gasteiger charge is 2.20. The molecule has 0 bridgehead atoms. The van der Waals surface area contributed by atoms with Gasteiger partial charge in [-0.15, -0.1) is 0 Å². The summed E-state index contributed by atoms with van der Waals surface area (Å²) in [6.07, 6.45) is 0. The zero-order valence-corrected chi connectivity index (χ0v) is 25.8. The summed E-state index contributed by atoms with van der Waals surface area (Å²) in [5.41, 5.74) is 11.3. The maximum absolute atomic E-state index is 10.4. The molecule has 0 saturated heterocycles. The molecule has 4 nitrogen and oxygen atoms in total. The van der Waals surface area contributed by atoms with Gasteiger partial charge < -0.3 is 9.13 Å². The molecule has 0 N–H and O–H groups in total. The van der Waals surface area contributed by atoms with Crippen LogP contribution in [0.2, 0.25) is 0 Å². The summed E-state index contributed by atoms with van der Waals surface area (Å²) in [5, 5.41) is 25.0. The van der Waals surface area contributed by atoms with Crippen molar-refractivity contribution in [2.45, 2.75) is 0 Å². The number of para-hydroxylation sites is 5. The van der Waals surface area contributed by atoms with Crippen LogP contribution in [-0.2, 0) is 0 Å². The zero-order valence-electron chi connectivity index (χ0n) is 25.8. The summed E-state index contributed by atoms with van der Waals surface area (Å²) in [4.78, 5) is 0. The molecule has 7 aromatic carbocycles. The third-order valence-corrected chi connectivity index (χ3v) is 9.43. The van der Waals surface area contributed by atoms with Gasteiger partial charge in [-0.1, -0.05) is 109 Å². The molecule has 2 aromatic heterocycles. The van der Waals surface area contributed by atoms with Crippen molar-refractivity contribution in [1.29, 1.82) is 10.5 Å². The highest BCUT2D eigenvalue weighted by Crippen LogP contribution is 2.42. The lowest BCUT2D eigenvalue weighted by Crippen LogP contribution is -2.00. The molecule has 0 atom stereocenters. The first-order valence-corrected chi connectivity index (χ1v) is 15.9. The summed E-state index contributed by atoms with van der Waals surface area (Å²) >= 11 is 0. The van der Waals surface area contributed by atoms with Crippen LogP contribution in [0, 0.1) is 22.7 Å². The van der Waals surface area contributed by atoms with Crippen LogP contribution >= 0.6 is 0 Å². The minimum Gasteiger partial charge on any atom is -0.309 e. The molecule has 9 aromatic rings. The summed E-state index contributed by atoms with van der Waals surface area (Å²) in [6, 6.07) is 58.8. The molecular weight excluding hydrogens is 585 g/mol. The number of nitrogens with zero attached hydrogens (tertiary/aromatic N) is 4. The molecule has 0 fully saturated rings. The zero-order chi connectivity index (χ0) is 32.2. The van der Waals surface area contributed by atoms with Gasteiger partial charge in [0, 0.05) is 38.4 Å². The highest BCUT2D eigenvalue weighted by molar-refractivity contribution is 6.11. The lowest BCUT2D eigenvalue weighted by Gasteiger charge is -2.18. The molecule has 0 aliphatic carbocycles. The molecule has 48 heavy (non-hydrogen) atoms. The van der Waals surface area contributed by atoms with Crippen molar-refractivity contribution in [3.05, 3.63) is 169 Å². The minimum atomic E-state index is 0.617. The standard InChI is InChI=1S/C44H26N4/c45-27-30-11-9-17-33(29-23-25-32(26-24-29)47-39-19-5-3-15-36(39)37-18-10-12-31(28-46)44(37)47)43(30)38-16-4-8-22-42(38)48-40-20-6-1-13-34(40)35-14-2-7-21-41(35)48/h1-26H. The van der Waals surface area contributed by atoms with E-state index in [1.165, 1.54) is 10.8 Å². The molecule has 222 valence electrons. The summed E-state index contributed by atoms with van der Waals surface area (Å²) in [7, 11) is 0. The van der Waals surface area contributed by atoms with Gasteiger partial charge in [0.15, 0.2) is 0 Å². The second-order valence-electron chi connectivity index (χ2n) is 11.9. The number of nitriles is 2. The second-order valence-corrected chi connectivity index (χ2v) is 11.9. The molecule has 0 amide bonds. The van der Waals surface area contributed by atoms with Crippen molar-refractivity contribution in [2.75, 3.05) is 0 Å². The van der Waals surface area contributed by atoms with Crippen LogP contribution < -0.4 is 0 Å². The van der Waals surface area contributed by atoms with Crippen LogP contribution in [-0.4, -0.2) is 9.13 Å². The van der Waals surface area contributed by atoms with E-state index in [0.29, 0.717) is 11.1 Å². The summed E-state index contributed by atoms with van der Waals surface area (Å²) < 4.78 is 4.49. The largest absolute Gasteiger partial charge is 0.309 e. The van der Waals surface area contributed by atoms with Crippen molar-refractivity contribution >= 4 is 43.6 Å². The molecule has 0 aliphatic rings. The van der Waals surface area contributed by atoms with Crippen LogP contribution in [0.4, 0.5) is 0 Å². The first-order chi connectivity index (χ1) is 23.8. The molecule has 0 saturated carbocycles. The summed E-state index contributed by atoms with van der Waals surface area (Å²) in [6.45, 7) is 0. The van der Waals surface area contributed by atoms with Gasteiger partial charge in [0.2, 0.25) is 0 Å². The third kappa shape index (κ3) is 4.01. The smallest absolute Gasteiger partial charge is 0.101 e. The van der Waals surface area contributed by atoms with E-state index in [4.69, 9.17) is 0 Å². The van der Waals surface area contributed by atoms with Gasteiger partial charge in [0.25, 0.3) is 0 Å². The van der Waals surface area contributed by atoms with E-state index in [1.807, 2.05) is 42.5 Å². The van der Waals surface area contributed by atoms with Crippen LogP contribution in [0.5, 0.6) is 0 Å². The predicted molar refractivity (Wildman–Crippen MR) is 195 cm³/mol. The Morgan fingerprint density at radius 2 is 0.896 bits per heavy atom. The monoisotopic (exact) mass is 610 g/mol. The fraction of sp³-hybridized carbons (Fsp3) is 0. The van der Waals surface area contributed by atoms with Crippen LogP contribution in [0.3, 0.4) is 0 Å². The third-order valence-electron chi connectivity index (χ3n) is 9.43. The van der Waals surface area contributed by atoms with Crippen molar-refractivity contribution in [3.63, 3.8) is 0 Å².